The highest BCUT2D eigenvalue weighted by molar-refractivity contribution is 6.12. The largest absolute Gasteiger partial charge is 0.334 e. The molecule has 1 aliphatic carbocycles. The predicted molar refractivity (Wildman–Crippen MR) is 94.1 cm³/mol. The van der Waals surface area contributed by atoms with Crippen LogP contribution >= 0.6 is 0 Å². The topological polar surface area (TPSA) is 82.0 Å². The summed E-state index contributed by atoms with van der Waals surface area (Å²) >= 11 is 0. The molecule has 1 saturated carbocycles. The van der Waals surface area contributed by atoms with Crippen LogP contribution in [0.4, 0.5) is 0 Å². The molecule has 3 aromatic rings. The second-order valence-electron chi connectivity index (χ2n) is 6.67. The third-order valence-corrected chi connectivity index (χ3v) is 4.83. The molecule has 0 unspecified atom stereocenters. The lowest BCUT2D eigenvalue weighted by Gasteiger charge is -2.34. The number of carbonyl (C=O) groups excluding carboxylic acids is 1. The van der Waals surface area contributed by atoms with E-state index in [1.807, 2.05) is 49.4 Å². The van der Waals surface area contributed by atoms with Gasteiger partial charge in [0.25, 0.3) is 5.89 Å². The van der Waals surface area contributed by atoms with Crippen molar-refractivity contribution in [3.8, 4) is 11.5 Å². The van der Waals surface area contributed by atoms with Crippen LogP contribution in [-0.4, -0.2) is 15.9 Å². The molecule has 0 spiro atoms. The zero-order chi connectivity index (χ0) is 17.4. The fourth-order valence-electron chi connectivity index (χ4n) is 3.04. The number of carbonyl (C=O) groups is 1. The van der Waals surface area contributed by atoms with Crippen molar-refractivity contribution in [1.82, 2.24) is 10.1 Å². The van der Waals surface area contributed by atoms with Gasteiger partial charge in [-0.05, 0) is 32.3 Å². The maximum Gasteiger partial charge on any atom is 0.258 e. The first-order chi connectivity index (χ1) is 12.1. The normalized spacial score (nSPS) is 15.6. The molecule has 25 heavy (non-hydrogen) atoms. The smallest absolute Gasteiger partial charge is 0.258 e. The third kappa shape index (κ3) is 2.76. The first-order valence-corrected chi connectivity index (χ1v) is 8.41. The van der Waals surface area contributed by atoms with Gasteiger partial charge in [0.2, 0.25) is 0 Å². The van der Waals surface area contributed by atoms with Crippen LogP contribution in [0.25, 0.3) is 11.5 Å². The molecular weight excluding hydrogens is 314 g/mol. The minimum Gasteiger partial charge on any atom is -0.334 e. The van der Waals surface area contributed by atoms with Crippen LogP contribution < -0.4 is 5.73 Å². The maximum atomic E-state index is 12.9. The summed E-state index contributed by atoms with van der Waals surface area (Å²) in [5.74, 6) is 0.788. The van der Waals surface area contributed by atoms with Gasteiger partial charge in [0.1, 0.15) is 0 Å². The maximum absolute atomic E-state index is 12.9. The molecule has 126 valence electrons. The Morgan fingerprint density at radius 1 is 1.12 bits per heavy atom. The molecule has 0 amide bonds. The molecule has 0 atom stereocenters. The average molecular weight is 333 g/mol. The number of aryl methyl sites for hydroxylation is 1. The molecule has 0 radical (unpaired) electrons. The highest BCUT2D eigenvalue weighted by Gasteiger charge is 2.39. The van der Waals surface area contributed by atoms with Crippen LogP contribution in [0.2, 0.25) is 0 Å². The summed E-state index contributed by atoms with van der Waals surface area (Å²) in [4.78, 5) is 17.4. The van der Waals surface area contributed by atoms with Gasteiger partial charge < -0.3 is 10.3 Å². The van der Waals surface area contributed by atoms with Gasteiger partial charge in [-0.2, -0.15) is 4.98 Å². The van der Waals surface area contributed by atoms with Crippen LogP contribution in [-0.2, 0) is 5.54 Å². The van der Waals surface area contributed by atoms with Gasteiger partial charge >= 0.3 is 0 Å². The van der Waals surface area contributed by atoms with E-state index < -0.39 is 5.54 Å². The highest BCUT2D eigenvalue weighted by Crippen LogP contribution is 2.38. The van der Waals surface area contributed by atoms with Crippen molar-refractivity contribution < 1.29 is 9.32 Å². The fraction of sp³-hybridized carbons (Fsp3) is 0.250. The molecule has 1 aromatic heterocycles. The van der Waals surface area contributed by atoms with E-state index in [2.05, 4.69) is 10.1 Å². The number of ketones is 1. The molecule has 0 aliphatic heterocycles. The lowest BCUT2D eigenvalue weighted by atomic mass is 9.77. The summed E-state index contributed by atoms with van der Waals surface area (Å²) in [5.41, 5.74) is 8.70. The number of nitrogens with zero attached hydrogens (tertiary/aromatic N) is 2. The van der Waals surface area contributed by atoms with Crippen molar-refractivity contribution >= 4 is 5.78 Å². The third-order valence-electron chi connectivity index (χ3n) is 4.83. The van der Waals surface area contributed by atoms with Crippen LogP contribution in [0.15, 0.2) is 53.1 Å². The molecule has 5 heteroatoms. The summed E-state index contributed by atoms with van der Waals surface area (Å²) in [6.45, 7) is 1.99. The Kier molecular flexibility index (Phi) is 3.73. The van der Waals surface area contributed by atoms with Gasteiger partial charge in [0, 0.05) is 11.1 Å². The summed E-state index contributed by atoms with van der Waals surface area (Å²) in [6, 6.07) is 14.8. The van der Waals surface area contributed by atoms with Crippen molar-refractivity contribution in [2.24, 2.45) is 5.73 Å². The SMILES string of the molecule is Cc1ccc(C(=O)c2ccccc2-c2nc(C3(N)CCC3)no2)cc1. The number of nitrogens with two attached hydrogens (primary N) is 1. The van der Waals surface area contributed by atoms with E-state index in [0.717, 1.165) is 24.8 Å². The van der Waals surface area contributed by atoms with Gasteiger partial charge in [-0.3, -0.25) is 4.79 Å². The zero-order valence-electron chi connectivity index (χ0n) is 14.0. The lowest BCUT2D eigenvalue weighted by Crippen LogP contribution is -2.44. The van der Waals surface area contributed by atoms with Gasteiger partial charge in [0.15, 0.2) is 11.6 Å². The van der Waals surface area contributed by atoms with Gasteiger partial charge in [-0.1, -0.05) is 53.2 Å². The van der Waals surface area contributed by atoms with Crippen molar-refractivity contribution in [3.63, 3.8) is 0 Å². The van der Waals surface area contributed by atoms with E-state index in [-0.39, 0.29) is 5.78 Å². The van der Waals surface area contributed by atoms with E-state index in [0.29, 0.717) is 28.4 Å². The molecule has 1 fully saturated rings. The number of benzene rings is 2. The van der Waals surface area contributed by atoms with Gasteiger partial charge in [-0.25, -0.2) is 0 Å². The quantitative estimate of drug-likeness (QED) is 0.738. The highest BCUT2D eigenvalue weighted by atomic mass is 16.5. The van der Waals surface area contributed by atoms with Crippen molar-refractivity contribution in [2.45, 2.75) is 31.7 Å². The Labute approximate surface area is 145 Å². The number of aromatic nitrogens is 2. The monoisotopic (exact) mass is 333 g/mol. The standard InChI is InChI=1S/C20H19N3O2/c1-13-7-9-14(10-8-13)17(24)15-5-2-3-6-16(15)18-22-19(23-25-18)20(21)11-4-12-20/h2-3,5-10H,4,11-12,21H2,1H3. The molecule has 2 N–H and O–H groups in total. The predicted octanol–water partition coefficient (Wildman–Crippen LogP) is 3.61. The van der Waals surface area contributed by atoms with Crippen molar-refractivity contribution in [3.05, 3.63) is 71.0 Å². The first kappa shape index (κ1) is 15.7. The Morgan fingerprint density at radius 3 is 2.52 bits per heavy atom. The molecule has 1 aliphatic rings. The fourth-order valence-corrected chi connectivity index (χ4v) is 3.04. The molecule has 4 rings (SSSR count). The van der Waals surface area contributed by atoms with Crippen LogP contribution in [0.5, 0.6) is 0 Å². The second kappa shape index (κ2) is 5.93. The summed E-state index contributed by atoms with van der Waals surface area (Å²) in [5, 5.41) is 4.05. The summed E-state index contributed by atoms with van der Waals surface area (Å²) in [6.07, 6.45) is 2.79. The number of rotatable bonds is 4. The zero-order valence-corrected chi connectivity index (χ0v) is 14.0. The van der Waals surface area contributed by atoms with E-state index in [1.54, 1.807) is 6.07 Å². The molecule has 2 aromatic carbocycles. The van der Waals surface area contributed by atoms with E-state index in [9.17, 15) is 4.79 Å². The lowest BCUT2D eigenvalue weighted by molar-refractivity contribution is 0.103. The summed E-state index contributed by atoms with van der Waals surface area (Å²) < 4.78 is 5.43. The van der Waals surface area contributed by atoms with Crippen molar-refractivity contribution in [1.29, 1.82) is 0 Å². The van der Waals surface area contributed by atoms with Crippen LogP contribution in [0, 0.1) is 6.92 Å². The molecule has 0 bridgehead atoms. The van der Waals surface area contributed by atoms with Gasteiger partial charge in [0.05, 0.1) is 11.1 Å². The second-order valence-corrected chi connectivity index (χ2v) is 6.67. The first-order valence-electron chi connectivity index (χ1n) is 8.41. The van der Waals surface area contributed by atoms with E-state index in [1.165, 1.54) is 0 Å². The van der Waals surface area contributed by atoms with Crippen LogP contribution in [0.3, 0.4) is 0 Å². The van der Waals surface area contributed by atoms with E-state index >= 15 is 0 Å². The average Bonchev–Trinajstić information content (AvgIpc) is 3.10. The Hall–Kier alpha value is -2.79. The minimum atomic E-state index is -0.488. The molecular formula is C20H19N3O2. The molecule has 5 nitrogen and oxygen atoms in total. The van der Waals surface area contributed by atoms with E-state index in [4.69, 9.17) is 10.3 Å². The summed E-state index contributed by atoms with van der Waals surface area (Å²) in [7, 11) is 0. The minimum absolute atomic E-state index is 0.0681. The molecule has 0 saturated heterocycles. The Bertz CT molecular complexity index is 924. The van der Waals surface area contributed by atoms with Gasteiger partial charge in [-0.15, -0.1) is 0 Å². The van der Waals surface area contributed by atoms with Crippen molar-refractivity contribution in [2.75, 3.05) is 0 Å². The van der Waals surface area contributed by atoms with Crippen LogP contribution in [0.1, 0.15) is 46.6 Å². The number of hydrogen-bond donors (Lipinski definition) is 1. The molecule has 1 heterocycles. The number of hydrogen-bond acceptors (Lipinski definition) is 5. The Balaban J connectivity index is 1.72. The Morgan fingerprint density at radius 2 is 1.84 bits per heavy atom.